The summed E-state index contributed by atoms with van der Waals surface area (Å²) < 4.78 is 48.1. The number of hydrogen-bond acceptors (Lipinski definition) is 6. The third-order valence-corrected chi connectivity index (χ3v) is 6.03. The van der Waals surface area contributed by atoms with Gasteiger partial charge in [-0.15, -0.1) is 0 Å². The van der Waals surface area contributed by atoms with E-state index in [0.29, 0.717) is 30.9 Å². The normalized spacial score (nSPS) is 18.5. The number of ether oxygens (including phenoxy) is 1. The minimum absolute atomic E-state index is 0.0692. The summed E-state index contributed by atoms with van der Waals surface area (Å²) in [6.07, 6.45) is -2.12. The van der Waals surface area contributed by atoms with Crippen LogP contribution in [0.1, 0.15) is 41.5 Å². The highest BCUT2D eigenvalue weighted by atomic mass is 19.3. The average Bonchev–Trinajstić information content (AvgIpc) is 3.38. The standard InChI is InChI=1S/C25H27F3N4O3/c1-16-23(25(27)28)21(32(30-16)19-6-4-3-5-7-19)14-20(33)12-18-15-31(10-11-34-2)35-24(18)17-8-9-29-22(26)13-17/h3-9,13,18,24-25H,10-12,14-15H2,1-2H3/t18-,24+/m1/s1. The van der Waals surface area contributed by atoms with Crippen LogP contribution < -0.4 is 0 Å². The summed E-state index contributed by atoms with van der Waals surface area (Å²) in [4.78, 5) is 22.8. The predicted octanol–water partition coefficient (Wildman–Crippen LogP) is 4.41. The van der Waals surface area contributed by atoms with Crippen molar-refractivity contribution in [1.82, 2.24) is 19.8 Å². The summed E-state index contributed by atoms with van der Waals surface area (Å²) in [6, 6.07) is 11.8. The highest BCUT2D eigenvalue weighted by Gasteiger charge is 2.37. The third-order valence-electron chi connectivity index (χ3n) is 6.03. The van der Waals surface area contributed by atoms with E-state index >= 15 is 0 Å². The molecule has 1 aliphatic rings. The number of benzene rings is 1. The van der Waals surface area contributed by atoms with Crippen molar-refractivity contribution in [3.05, 3.63) is 77.1 Å². The second kappa shape index (κ2) is 11.1. The van der Waals surface area contributed by atoms with Crippen molar-refractivity contribution in [2.45, 2.75) is 32.3 Å². The van der Waals surface area contributed by atoms with E-state index < -0.39 is 18.5 Å². The molecule has 2 aromatic heterocycles. The Morgan fingerprint density at radius 3 is 2.71 bits per heavy atom. The molecule has 0 spiro atoms. The number of pyridine rings is 1. The number of halogens is 3. The number of carbonyl (C=O) groups is 1. The van der Waals surface area contributed by atoms with Crippen molar-refractivity contribution >= 4 is 5.78 Å². The summed E-state index contributed by atoms with van der Waals surface area (Å²) in [7, 11) is 1.57. The number of aromatic nitrogens is 3. The first kappa shape index (κ1) is 25.0. The number of carbonyl (C=O) groups excluding carboxylic acids is 1. The van der Waals surface area contributed by atoms with Crippen molar-refractivity contribution in [2.24, 2.45) is 5.92 Å². The topological polar surface area (TPSA) is 69.5 Å². The Morgan fingerprint density at radius 1 is 1.26 bits per heavy atom. The molecule has 1 saturated heterocycles. The lowest BCUT2D eigenvalue weighted by molar-refractivity contribution is -0.155. The molecule has 0 aliphatic carbocycles. The number of aryl methyl sites for hydroxylation is 1. The van der Waals surface area contributed by atoms with Crippen molar-refractivity contribution in [3.63, 3.8) is 0 Å². The Kier molecular flexibility index (Phi) is 7.94. The van der Waals surface area contributed by atoms with Gasteiger partial charge in [0.1, 0.15) is 11.9 Å². The van der Waals surface area contributed by atoms with Gasteiger partial charge in [-0.25, -0.2) is 18.4 Å². The van der Waals surface area contributed by atoms with Crippen LogP contribution in [-0.2, 0) is 20.8 Å². The highest BCUT2D eigenvalue weighted by molar-refractivity contribution is 5.81. The Morgan fingerprint density at radius 2 is 2.03 bits per heavy atom. The molecule has 186 valence electrons. The van der Waals surface area contributed by atoms with Crippen molar-refractivity contribution < 1.29 is 27.5 Å². The van der Waals surface area contributed by atoms with Crippen LogP contribution in [0.3, 0.4) is 0 Å². The van der Waals surface area contributed by atoms with Gasteiger partial charge in [0.15, 0.2) is 0 Å². The van der Waals surface area contributed by atoms with E-state index in [-0.39, 0.29) is 41.5 Å². The van der Waals surface area contributed by atoms with Crippen LogP contribution in [0.25, 0.3) is 5.69 Å². The minimum atomic E-state index is -2.76. The Balaban J connectivity index is 1.58. The number of ketones is 1. The fraction of sp³-hybridized carbons (Fsp3) is 0.400. The second-order valence-electron chi connectivity index (χ2n) is 8.49. The largest absolute Gasteiger partial charge is 0.383 e. The summed E-state index contributed by atoms with van der Waals surface area (Å²) in [5, 5.41) is 5.98. The molecule has 35 heavy (non-hydrogen) atoms. The predicted molar refractivity (Wildman–Crippen MR) is 122 cm³/mol. The molecule has 3 aromatic rings. The van der Waals surface area contributed by atoms with Crippen LogP contribution >= 0.6 is 0 Å². The van der Waals surface area contributed by atoms with Gasteiger partial charge < -0.3 is 4.74 Å². The SMILES string of the molecule is COCCN1C[C@@H](CC(=O)Cc2c(C(F)F)c(C)nn2-c2ccccc2)[C@H](c2ccnc(F)c2)O1. The second-order valence-corrected chi connectivity index (χ2v) is 8.49. The summed E-state index contributed by atoms with van der Waals surface area (Å²) in [6.45, 7) is 2.83. The van der Waals surface area contributed by atoms with E-state index in [2.05, 4.69) is 10.1 Å². The van der Waals surface area contributed by atoms with Crippen LogP contribution in [-0.4, -0.2) is 52.4 Å². The average molecular weight is 489 g/mol. The third kappa shape index (κ3) is 5.77. The van der Waals surface area contributed by atoms with Gasteiger partial charge >= 0.3 is 0 Å². The fourth-order valence-corrected chi connectivity index (χ4v) is 4.46. The molecule has 0 bridgehead atoms. The minimum Gasteiger partial charge on any atom is -0.383 e. The number of Topliss-reactive ketones (excluding diaryl/α,β-unsaturated/α-hetero) is 1. The summed E-state index contributed by atoms with van der Waals surface area (Å²) >= 11 is 0. The molecule has 4 rings (SSSR count). The maximum Gasteiger partial charge on any atom is 0.267 e. The number of alkyl halides is 2. The quantitative estimate of drug-likeness (QED) is 0.394. The van der Waals surface area contributed by atoms with E-state index in [1.54, 1.807) is 42.5 Å². The lowest BCUT2D eigenvalue weighted by Crippen LogP contribution is -2.24. The molecule has 0 N–H and O–H groups in total. The lowest BCUT2D eigenvalue weighted by Gasteiger charge is -2.18. The lowest BCUT2D eigenvalue weighted by atomic mass is 9.91. The highest BCUT2D eigenvalue weighted by Crippen LogP contribution is 2.37. The number of nitrogens with zero attached hydrogens (tertiary/aromatic N) is 4. The van der Waals surface area contributed by atoms with Crippen molar-refractivity contribution in [1.29, 1.82) is 0 Å². The maximum absolute atomic E-state index is 13.9. The van der Waals surface area contributed by atoms with E-state index in [1.165, 1.54) is 23.9 Å². The van der Waals surface area contributed by atoms with Gasteiger partial charge in [0.05, 0.1) is 29.2 Å². The van der Waals surface area contributed by atoms with Gasteiger partial charge in [-0.1, -0.05) is 18.2 Å². The van der Waals surface area contributed by atoms with Crippen LogP contribution in [0, 0.1) is 18.8 Å². The van der Waals surface area contributed by atoms with Gasteiger partial charge in [0, 0.05) is 45.2 Å². The van der Waals surface area contributed by atoms with Gasteiger partial charge in [0.2, 0.25) is 5.95 Å². The van der Waals surface area contributed by atoms with E-state index in [0.717, 1.165) is 0 Å². The fourth-order valence-electron chi connectivity index (χ4n) is 4.46. The number of hydrogen-bond donors (Lipinski definition) is 0. The van der Waals surface area contributed by atoms with Gasteiger partial charge in [-0.05, 0) is 36.8 Å². The molecule has 3 heterocycles. The number of methoxy groups -OCH3 is 1. The molecular weight excluding hydrogens is 461 g/mol. The monoisotopic (exact) mass is 488 g/mol. The molecule has 1 fully saturated rings. The van der Waals surface area contributed by atoms with Crippen molar-refractivity contribution in [2.75, 3.05) is 26.8 Å². The smallest absolute Gasteiger partial charge is 0.267 e. The first-order chi connectivity index (χ1) is 16.9. The molecular formula is C25H27F3N4O3. The zero-order chi connectivity index (χ0) is 24.9. The molecule has 0 unspecified atom stereocenters. The van der Waals surface area contributed by atoms with E-state index in [4.69, 9.17) is 9.57 Å². The summed E-state index contributed by atoms with van der Waals surface area (Å²) in [5.74, 6) is -1.17. The zero-order valence-corrected chi connectivity index (χ0v) is 19.5. The van der Waals surface area contributed by atoms with Gasteiger partial charge in [-0.3, -0.25) is 9.63 Å². The molecule has 0 amide bonds. The molecule has 7 nitrogen and oxygen atoms in total. The Bertz CT molecular complexity index is 1160. The molecule has 1 aliphatic heterocycles. The Hall–Kier alpha value is -3.08. The van der Waals surface area contributed by atoms with E-state index in [9.17, 15) is 18.0 Å². The van der Waals surface area contributed by atoms with Crippen LogP contribution in [0.5, 0.6) is 0 Å². The van der Waals surface area contributed by atoms with Gasteiger partial charge in [-0.2, -0.15) is 14.6 Å². The molecule has 10 heteroatoms. The zero-order valence-electron chi connectivity index (χ0n) is 19.5. The van der Waals surface area contributed by atoms with Crippen LogP contribution in [0.4, 0.5) is 13.2 Å². The first-order valence-electron chi connectivity index (χ1n) is 11.3. The molecule has 0 radical (unpaired) electrons. The molecule has 1 aromatic carbocycles. The Labute approximate surface area is 201 Å². The maximum atomic E-state index is 13.9. The van der Waals surface area contributed by atoms with Crippen LogP contribution in [0.15, 0.2) is 48.7 Å². The van der Waals surface area contributed by atoms with Gasteiger partial charge in [0.25, 0.3) is 6.43 Å². The molecule has 0 saturated carbocycles. The number of rotatable bonds is 10. The number of para-hydroxylation sites is 1. The van der Waals surface area contributed by atoms with Crippen molar-refractivity contribution in [3.8, 4) is 5.69 Å². The number of hydroxylamine groups is 2. The van der Waals surface area contributed by atoms with Crippen LogP contribution in [0.2, 0.25) is 0 Å². The molecule has 2 atom stereocenters. The van der Waals surface area contributed by atoms with E-state index in [1.807, 2.05) is 6.07 Å². The summed E-state index contributed by atoms with van der Waals surface area (Å²) in [5.41, 5.74) is 1.31. The first-order valence-corrected chi connectivity index (χ1v) is 11.3.